The van der Waals surface area contributed by atoms with E-state index in [1.807, 2.05) is 6.20 Å². The normalized spacial score (nSPS) is 11.8. The molecule has 0 amide bonds. The molecule has 1 aromatic rings. The molecule has 0 aromatic carbocycles. The number of nitrogens with zero attached hydrogens (tertiary/aromatic N) is 1. The highest BCUT2D eigenvalue weighted by Crippen LogP contribution is 2.44. The number of nitrogens with two attached hydrogens (primary N) is 5. The zero-order valence-corrected chi connectivity index (χ0v) is 10.8. The van der Waals surface area contributed by atoms with Crippen LogP contribution in [0.25, 0.3) is 0 Å². The van der Waals surface area contributed by atoms with Crippen LogP contribution in [-0.4, -0.2) is 16.5 Å². The molecule has 1 rings (SSSR count). The minimum absolute atomic E-state index is 0.671. The zero-order chi connectivity index (χ0) is 13.5. The largest absolute Gasteiger partial charge is 0.351 e. The molecule has 1 aromatic heterocycles. The molecule has 0 saturated carbocycles. The number of hydrogen-bond acceptors (Lipinski definition) is 5. The standard InChI is InChI=1S/C5H9N3.H8N4O3P2/c6-2-1-5-3-7-4-8-5;1-8(2,5)7-9(3,4)6/h3-4H,1-2,6H2,(H,7,8);(H4,1,2,5)(H4,3,4,6). The molecule has 0 radical (unpaired) electrons. The number of aromatic nitrogens is 2. The van der Waals surface area contributed by atoms with E-state index in [0.29, 0.717) is 6.54 Å². The molecule has 100 valence electrons. The van der Waals surface area contributed by atoms with Crippen molar-refractivity contribution in [3.8, 4) is 0 Å². The zero-order valence-electron chi connectivity index (χ0n) is 9.02. The molecule has 12 heteroatoms. The van der Waals surface area contributed by atoms with Crippen LogP contribution in [0.4, 0.5) is 0 Å². The Morgan fingerprint density at radius 1 is 1.24 bits per heavy atom. The molecule has 0 aliphatic rings. The summed E-state index contributed by atoms with van der Waals surface area (Å²) in [6, 6.07) is 0. The van der Waals surface area contributed by atoms with Gasteiger partial charge in [0.15, 0.2) is 0 Å². The van der Waals surface area contributed by atoms with Crippen LogP contribution in [0, 0.1) is 0 Å². The Labute approximate surface area is 98.4 Å². The van der Waals surface area contributed by atoms with Gasteiger partial charge in [0.2, 0.25) is 0 Å². The van der Waals surface area contributed by atoms with E-state index < -0.39 is 15.3 Å². The van der Waals surface area contributed by atoms with Gasteiger partial charge in [-0.15, -0.1) is 0 Å². The summed E-state index contributed by atoms with van der Waals surface area (Å²) < 4.78 is 24.3. The second-order valence-electron chi connectivity index (χ2n) is 2.97. The van der Waals surface area contributed by atoms with Crippen LogP contribution in [0.3, 0.4) is 0 Å². The predicted octanol–water partition coefficient (Wildman–Crippen LogP) is -1.04. The van der Waals surface area contributed by atoms with Crippen molar-refractivity contribution in [3.05, 3.63) is 18.2 Å². The predicted molar refractivity (Wildman–Crippen MR) is 64.4 cm³/mol. The van der Waals surface area contributed by atoms with Crippen LogP contribution in [0.5, 0.6) is 0 Å². The molecule has 1 heterocycles. The summed E-state index contributed by atoms with van der Waals surface area (Å²) >= 11 is 0. The summed E-state index contributed by atoms with van der Waals surface area (Å²) in [6.07, 6.45) is 4.38. The molecule has 0 fully saturated rings. The summed E-state index contributed by atoms with van der Waals surface area (Å²) in [5.41, 5.74) is 24.7. The van der Waals surface area contributed by atoms with Crippen molar-refractivity contribution in [2.24, 2.45) is 27.8 Å². The van der Waals surface area contributed by atoms with Crippen molar-refractivity contribution in [2.75, 3.05) is 6.54 Å². The Morgan fingerprint density at radius 2 is 1.76 bits per heavy atom. The summed E-state index contributed by atoms with van der Waals surface area (Å²) in [5, 5.41) is 0. The molecule has 17 heavy (non-hydrogen) atoms. The fourth-order valence-corrected chi connectivity index (χ4v) is 2.37. The average Bonchev–Trinajstić information content (AvgIpc) is 2.51. The van der Waals surface area contributed by atoms with Gasteiger partial charge in [0.1, 0.15) is 0 Å². The van der Waals surface area contributed by atoms with Crippen LogP contribution in [0.1, 0.15) is 5.69 Å². The van der Waals surface area contributed by atoms with Crippen LogP contribution >= 0.6 is 15.3 Å². The molecule has 0 saturated heterocycles. The lowest BCUT2D eigenvalue weighted by atomic mass is 10.3. The maximum absolute atomic E-state index is 10.2. The molecule has 11 N–H and O–H groups in total. The van der Waals surface area contributed by atoms with E-state index in [9.17, 15) is 9.13 Å². The summed E-state index contributed by atoms with van der Waals surface area (Å²) in [4.78, 5) is 6.82. The molecule has 0 aliphatic carbocycles. The van der Waals surface area contributed by atoms with Crippen molar-refractivity contribution < 1.29 is 13.4 Å². The van der Waals surface area contributed by atoms with Crippen molar-refractivity contribution in [1.29, 1.82) is 0 Å². The highest BCUT2D eigenvalue weighted by atomic mass is 31.3. The van der Waals surface area contributed by atoms with Crippen molar-refractivity contribution in [1.82, 2.24) is 9.97 Å². The smallest absolute Gasteiger partial charge is 0.342 e. The molecule has 0 unspecified atom stereocenters. The Bertz CT molecular complexity index is 376. The fraction of sp³-hybridized carbons (Fsp3) is 0.400. The van der Waals surface area contributed by atoms with Gasteiger partial charge < -0.3 is 10.7 Å². The lowest BCUT2D eigenvalue weighted by molar-refractivity contribution is 0.459. The highest BCUT2D eigenvalue weighted by molar-refractivity contribution is 7.67. The van der Waals surface area contributed by atoms with Gasteiger partial charge >= 0.3 is 15.3 Å². The quantitative estimate of drug-likeness (QED) is 0.373. The lowest BCUT2D eigenvalue weighted by Gasteiger charge is -2.09. The Morgan fingerprint density at radius 3 is 2.00 bits per heavy atom. The van der Waals surface area contributed by atoms with Crippen LogP contribution in [0.2, 0.25) is 0 Å². The van der Waals surface area contributed by atoms with Crippen LogP contribution in [-0.2, 0) is 19.9 Å². The van der Waals surface area contributed by atoms with Crippen molar-refractivity contribution in [2.45, 2.75) is 6.42 Å². The fourth-order valence-electron chi connectivity index (χ4n) is 0.775. The monoisotopic (exact) mass is 285 g/mol. The topological polar surface area (TPSA) is 202 Å². The number of H-pyrrole nitrogens is 1. The minimum atomic E-state index is -3.80. The van der Waals surface area contributed by atoms with Gasteiger partial charge in [0.05, 0.1) is 12.0 Å². The maximum atomic E-state index is 10.2. The van der Waals surface area contributed by atoms with E-state index in [1.165, 1.54) is 0 Å². The lowest BCUT2D eigenvalue weighted by Crippen LogP contribution is -2.14. The van der Waals surface area contributed by atoms with Crippen molar-refractivity contribution >= 4 is 15.3 Å². The number of hydrogen-bond donors (Lipinski definition) is 6. The first kappa shape index (κ1) is 16.4. The third-order valence-electron chi connectivity index (χ3n) is 1.21. The van der Waals surface area contributed by atoms with Gasteiger partial charge in [-0.2, -0.15) is 0 Å². The van der Waals surface area contributed by atoms with E-state index in [0.717, 1.165) is 12.1 Å². The molecular weight excluding hydrogens is 268 g/mol. The van der Waals surface area contributed by atoms with E-state index >= 15 is 0 Å². The Balaban J connectivity index is 0.000000302. The van der Waals surface area contributed by atoms with Gasteiger partial charge in [-0.1, -0.05) is 0 Å². The maximum Gasteiger partial charge on any atom is 0.342 e. The van der Waals surface area contributed by atoms with E-state index in [-0.39, 0.29) is 0 Å². The second kappa shape index (κ2) is 7.00. The Hall–Kier alpha value is -0.570. The van der Waals surface area contributed by atoms with E-state index in [2.05, 4.69) is 36.3 Å². The minimum Gasteiger partial charge on any atom is -0.351 e. The number of aromatic amines is 1. The highest BCUT2D eigenvalue weighted by Gasteiger charge is 2.20. The first-order chi connectivity index (χ1) is 7.64. The number of imidazole rings is 1. The van der Waals surface area contributed by atoms with Gasteiger partial charge in [0.25, 0.3) is 0 Å². The Kier molecular flexibility index (Phi) is 6.76. The number of nitrogens with one attached hydrogen (secondary N) is 1. The van der Waals surface area contributed by atoms with Crippen LogP contribution < -0.4 is 27.8 Å². The third-order valence-corrected chi connectivity index (χ3v) is 3.25. The summed E-state index contributed by atoms with van der Waals surface area (Å²) in [6.45, 7) is 0.671. The van der Waals surface area contributed by atoms with Gasteiger partial charge in [-0.05, 0) is 6.54 Å². The molecule has 0 bridgehead atoms. The third kappa shape index (κ3) is 11.7. The molecule has 10 nitrogen and oxygen atoms in total. The van der Waals surface area contributed by atoms with E-state index in [1.54, 1.807) is 6.33 Å². The number of rotatable bonds is 4. The van der Waals surface area contributed by atoms with Gasteiger partial charge in [0, 0.05) is 12.6 Å². The van der Waals surface area contributed by atoms with Gasteiger partial charge in [-0.3, -0.25) is 9.13 Å². The summed E-state index contributed by atoms with van der Waals surface area (Å²) in [5.74, 6) is 0. The van der Waals surface area contributed by atoms with Gasteiger partial charge in [-0.25, -0.2) is 31.3 Å². The molecule has 0 spiro atoms. The average molecular weight is 285 g/mol. The van der Waals surface area contributed by atoms with Crippen molar-refractivity contribution in [3.63, 3.8) is 0 Å². The first-order valence-corrected chi connectivity index (χ1v) is 7.90. The molecular formula is C5H17N7O3P2. The SMILES string of the molecule is NCCc1c[nH]cn1.NP(N)(=O)OP(N)(N)=O. The van der Waals surface area contributed by atoms with E-state index in [4.69, 9.17) is 5.73 Å². The molecule has 0 aliphatic heterocycles. The first-order valence-electron chi connectivity index (χ1n) is 4.37. The summed E-state index contributed by atoms with van der Waals surface area (Å²) in [7, 11) is -7.60. The molecule has 0 atom stereocenters. The van der Waals surface area contributed by atoms with Crippen LogP contribution in [0.15, 0.2) is 12.5 Å². The second-order valence-corrected chi connectivity index (χ2v) is 6.21.